The van der Waals surface area contributed by atoms with E-state index in [0.717, 1.165) is 38.8 Å². The fourth-order valence-electron chi connectivity index (χ4n) is 3.15. The third-order valence-electron chi connectivity index (χ3n) is 4.35. The normalized spacial score (nSPS) is 11.6. The van der Waals surface area contributed by atoms with Crippen LogP contribution in [0.2, 0.25) is 5.02 Å². The van der Waals surface area contributed by atoms with Crippen molar-refractivity contribution in [3.63, 3.8) is 0 Å². The molecule has 122 valence electrons. The third kappa shape index (κ3) is 2.22. The fraction of sp³-hybridized carbons (Fsp3) is 0.0556. The van der Waals surface area contributed by atoms with Gasteiger partial charge in [-0.1, -0.05) is 11.6 Å². The van der Waals surface area contributed by atoms with Crippen molar-refractivity contribution in [2.45, 2.75) is 0 Å². The summed E-state index contributed by atoms with van der Waals surface area (Å²) in [7, 11) is 1.91. The molecule has 5 rings (SSSR count). The van der Waals surface area contributed by atoms with Crippen LogP contribution in [0.5, 0.6) is 0 Å². The topological polar surface area (TPSA) is 63.8 Å². The van der Waals surface area contributed by atoms with Gasteiger partial charge in [0.15, 0.2) is 0 Å². The fourth-order valence-corrected chi connectivity index (χ4v) is 3.31. The van der Waals surface area contributed by atoms with E-state index in [-0.39, 0.29) is 0 Å². The predicted octanol–water partition coefficient (Wildman–Crippen LogP) is 3.93. The molecule has 0 unspecified atom stereocenters. The van der Waals surface area contributed by atoms with Crippen LogP contribution in [-0.2, 0) is 7.05 Å². The zero-order valence-electron chi connectivity index (χ0n) is 13.3. The Morgan fingerprint density at radius 3 is 2.80 bits per heavy atom. The number of hydrogen-bond donors (Lipinski definition) is 1. The molecule has 0 fully saturated rings. The van der Waals surface area contributed by atoms with E-state index in [2.05, 4.69) is 26.2 Å². The SMILES string of the molecule is Cn1cc(-c2cnn3ccc(-c4c[nH]c5ncc(Cl)cc45)cc23)cn1. The molecule has 7 heteroatoms. The number of rotatable bonds is 2. The van der Waals surface area contributed by atoms with E-state index in [1.54, 1.807) is 10.9 Å². The maximum Gasteiger partial charge on any atom is 0.137 e. The largest absolute Gasteiger partial charge is 0.346 e. The monoisotopic (exact) mass is 348 g/mol. The molecule has 0 aromatic carbocycles. The van der Waals surface area contributed by atoms with E-state index in [1.165, 1.54) is 0 Å². The average molecular weight is 349 g/mol. The zero-order chi connectivity index (χ0) is 17.0. The number of aromatic nitrogens is 6. The molecule has 0 aliphatic rings. The molecule has 0 aliphatic carbocycles. The second-order valence-corrected chi connectivity index (χ2v) is 6.39. The van der Waals surface area contributed by atoms with Crippen molar-refractivity contribution in [2.24, 2.45) is 7.05 Å². The lowest BCUT2D eigenvalue weighted by molar-refractivity contribution is 0.768. The molecule has 0 amide bonds. The maximum atomic E-state index is 6.12. The molecule has 0 aliphatic heterocycles. The Bertz CT molecular complexity index is 1230. The lowest BCUT2D eigenvalue weighted by Gasteiger charge is -2.03. The molecular formula is C18H13ClN6. The molecule has 5 heterocycles. The smallest absolute Gasteiger partial charge is 0.137 e. The lowest BCUT2D eigenvalue weighted by atomic mass is 10.0. The van der Waals surface area contributed by atoms with Gasteiger partial charge in [0.2, 0.25) is 0 Å². The molecule has 0 saturated carbocycles. The highest BCUT2D eigenvalue weighted by molar-refractivity contribution is 6.31. The van der Waals surface area contributed by atoms with Gasteiger partial charge in [0, 0.05) is 53.9 Å². The van der Waals surface area contributed by atoms with Crippen molar-refractivity contribution in [3.8, 4) is 22.3 Å². The van der Waals surface area contributed by atoms with Crippen LogP contribution in [-0.4, -0.2) is 29.4 Å². The van der Waals surface area contributed by atoms with Crippen LogP contribution in [0.15, 0.2) is 55.4 Å². The van der Waals surface area contributed by atoms with Crippen molar-refractivity contribution in [3.05, 3.63) is 60.4 Å². The van der Waals surface area contributed by atoms with Crippen molar-refractivity contribution >= 4 is 28.2 Å². The summed E-state index contributed by atoms with van der Waals surface area (Å²) in [6.07, 6.45) is 11.3. The molecule has 0 bridgehead atoms. The first-order valence-corrected chi connectivity index (χ1v) is 8.16. The summed E-state index contributed by atoms with van der Waals surface area (Å²) in [5, 5.41) is 10.3. The Kier molecular flexibility index (Phi) is 2.96. The second kappa shape index (κ2) is 5.19. The number of nitrogens with one attached hydrogen (secondary N) is 1. The van der Waals surface area contributed by atoms with Crippen LogP contribution in [0.4, 0.5) is 0 Å². The summed E-state index contributed by atoms with van der Waals surface area (Å²) < 4.78 is 3.65. The van der Waals surface area contributed by atoms with E-state index < -0.39 is 0 Å². The highest BCUT2D eigenvalue weighted by Gasteiger charge is 2.12. The highest BCUT2D eigenvalue weighted by atomic mass is 35.5. The number of pyridine rings is 2. The van der Waals surface area contributed by atoms with Crippen molar-refractivity contribution < 1.29 is 0 Å². The Labute approximate surface area is 147 Å². The van der Waals surface area contributed by atoms with Crippen LogP contribution in [0.25, 0.3) is 38.8 Å². The van der Waals surface area contributed by atoms with Crippen LogP contribution in [0, 0.1) is 0 Å². The van der Waals surface area contributed by atoms with Crippen LogP contribution < -0.4 is 0 Å². The van der Waals surface area contributed by atoms with Gasteiger partial charge >= 0.3 is 0 Å². The first kappa shape index (κ1) is 14.2. The third-order valence-corrected chi connectivity index (χ3v) is 4.55. The van der Waals surface area contributed by atoms with Crippen LogP contribution >= 0.6 is 11.6 Å². The van der Waals surface area contributed by atoms with E-state index >= 15 is 0 Å². The number of aryl methyl sites for hydroxylation is 1. The predicted molar refractivity (Wildman–Crippen MR) is 97.5 cm³/mol. The van der Waals surface area contributed by atoms with Gasteiger partial charge in [0.05, 0.1) is 22.9 Å². The molecule has 5 aromatic rings. The van der Waals surface area contributed by atoms with Gasteiger partial charge in [-0.2, -0.15) is 10.2 Å². The van der Waals surface area contributed by atoms with Crippen LogP contribution in [0.1, 0.15) is 0 Å². The summed E-state index contributed by atoms with van der Waals surface area (Å²) in [6, 6.07) is 6.09. The van der Waals surface area contributed by atoms with Gasteiger partial charge in [-0.25, -0.2) is 9.50 Å². The summed E-state index contributed by atoms with van der Waals surface area (Å²) in [6.45, 7) is 0. The molecule has 0 spiro atoms. The molecule has 6 nitrogen and oxygen atoms in total. The Morgan fingerprint density at radius 1 is 1.04 bits per heavy atom. The standard InChI is InChI=1S/C18H13ClN6/c1-24-10-12(6-22-24)16-9-23-25-3-2-11(4-17(16)25)15-8-21-18-14(15)5-13(19)7-20-18/h2-10H,1H3,(H,20,21). The molecule has 0 atom stereocenters. The van der Waals surface area contributed by atoms with E-state index in [1.807, 2.05) is 54.7 Å². The average Bonchev–Trinajstić information content (AvgIpc) is 3.31. The van der Waals surface area contributed by atoms with Gasteiger partial charge in [0.1, 0.15) is 5.65 Å². The van der Waals surface area contributed by atoms with Gasteiger partial charge in [-0.15, -0.1) is 0 Å². The first-order chi connectivity index (χ1) is 12.2. The van der Waals surface area contributed by atoms with E-state index in [0.29, 0.717) is 5.02 Å². The number of halogens is 1. The number of fused-ring (bicyclic) bond motifs is 2. The first-order valence-electron chi connectivity index (χ1n) is 7.78. The van der Waals surface area contributed by atoms with Crippen LogP contribution in [0.3, 0.4) is 0 Å². The number of hydrogen-bond acceptors (Lipinski definition) is 3. The molecule has 0 saturated heterocycles. The van der Waals surface area contributed by atoms with Crippen molar-refractivity contribution in [1.82, 2.24) is 29.4 Å². The van der Waals surface area contributed by atoms with Gasteiger partial charge in [0.25, 0.3) is 0 Å². The number of H-pyrrole nitrogens is 1. The summed E-state index contributed by atoms with van der Waals surface area (Å²) >= 11 is 6.12. The molecule has 0 radical (unpaired) electrons. The van der Waals surface area contributed by atoms with Gasteiger partial charge in [-0.05, 0) is 23.8 Å². The van der Waals surface area contributed by atoms with E-state index in [4.69, 9.17) is 11.6 Å². The lowest BCUT2D eigenvalue weighted by Crippen LogP contribution is -1.87. The van der Waals surface area contributed by atoms with Gasteiger partial charge in [-0.3, -0.25) is 4.68 Å². The van der Waals surface area contributed by atoms with Gasteiger partial charge < -0.3 is 4.98 Å². The summed E-state index contributed by atoms with van der Waals surface area (Å²) in [4.78, 5) is 7.53. The Hall–Kier alpha value is -3.12. The molecular weight excluding hydrogens is 336 g/mol. The minimum Gasteiger partial charge on any atom is -0.346 e. The summed E-state index contributed by atoms with van der Waals surface area (Å²) in [5.41, 5.74) is 6.07. The van der Waals surface area contributed by atoms with Crippen molar-refractivity contribution in [1.29, 1.82) is 0 Å². The zero-order valence-corrected chi connectivity index (χ0v) is 14.1. The Morgan fingerprint density at radius 2 is 1.96 bits per heavy atom. The number of aromatic amines is 1. The minimum atomic E-state index is 0.620. The quantitative estimate of drug-likeness (QED) is 0.525. The van der Waals surface area contributed by atoms with E-state index in [9.17, 15) is 0 Å². The molecule has 5 aromatic heterocycles. The molecule has 25 heavy (non-hydrogen) atoms. The van der Waals surface area contributed by atoms with Crippen molar-refractivity contribution in [2.75, 3.05) is 0 Å². The number of nitrogens with zero attached hydrogens (tertiary/aromatic N) is 5. The highest BCUT2D eigenvalue weighted by Crippen LogP contribution is 2.32. The molecule has 1 N–H and O–H groups in total. The minimum absolute atomic E-state index is 0.620. The summed E-state index contributed by atoms with van der Waals surface area (Å²) in [5.74, 6) is 0. The maximum absolute atomic E-state index is 6.12. The Balaban J connectivity index is 1.73. The second-order valence-electron chi connectivity index (χ2n) is 5.96.